The number of carbonyl (C=O) groups is 1. The Morgan fingerprint density at radius 1 is 1.07 bits per heavy atom. The first kappa shape index (κ1) is 18.7. The van der Waals surface area contributed by atoms with E-state index in [2.05, 4.69) is 10.3 Å². The number of aromatic nitrogens is 2. The van der Waals surface area contributed by atoms with Crippen molar-refractivity contribution in [2.45, 2.75) is 0 Å². The molecule has 2 heterocycles. The van der Waals surface area contributed by atoms with E-state index in [1.54, 1.807) is 38.5 Å². The van der Waals surface area contributed by atoms with Crippen LogP contribution >= 0.6 is 11.3 Å². The van der Waals surface area contributed by atoms with Crippen molar-refractivity contribution in [2.75, 3.05) is 19.5 Å². The molecule has 1 N–H and O–H groups in total. The second-order valence-corrected chi connectivity index (χ2v) is 6.97. The van der Waals surface area contributed by atoms with Gasteiger partial charge in [0.2, 0.25) is 0 Å². The van der Waals surface area contributed by atoms with Gasteiger partial charge in [-0.2, -0.15) is 0 Å². The predicted octanol–water partition coefficient (Wildman–Crippen LogP) is 3.69. The van der Waals surface area contributed by atoms with Gasteiger partial charge in [-0.25, -0.2) is 4.98 Å². The fourth-order valence-corrected chi connectivity index (χ4v) is 3.76. The van der Waals surface area contributed by atoms with Crippen LogP contribution in [-0.2, 0) is 0 Å². The lowest BCUT2D eigenvalue weighted by Gasteiger charge is -2.07. The smallest absolute Gasteiger partial charge is 0.271 e. The Morgan fingerprint density at radius 3 is 2.55 bits per heavy atom. The molecule has 1 amide bonds. The van der Waals surface area contributed by atoms with Crippen molar-refractivity contribution in [3.05, 3.63) is 76.0 Å². The van der Waals surface area contributed by atoms with Crippen LogP contribution in [0.5, 0.6) is 11.5 Å². The number of carbonyl (C=O) groups excluding carboxylic acids is 1. The third-order valence-corrected chi connectivity index (χ3v) is 5.24. The van der Waals surface area contributed by atoms with Gasteiger partial charge in [-0.15, -0.1) is 11.3 Å². The van der Waals surface area contributed by atoms with Crippen LogP contribution in [0, 0.1) is 0 Å². The lowest BCUT2D eigenvalue weighted by molar-refractivity contribution is 0.102. The minimum atomic E-state index is -0.523. The van der Waals surface area contributed by atoms with Crippen LogP contribution in [0.1, 0.15) is 10.4 Å². The number of hydrogen-bond acceptors (Lipinski definition) is 6. The molecule has 7 nitrogen and oxygen atoms in total. The Labute approximate surface area is 170 Å². The van der Waals surface area contributed by atoms with Crippen molar-refractivity contribution in [1.82, 2.24) is 9.38 Å². The zero-order chi connectivity index (χ0) is 20.4. The van der Waals surface area contributed by atoms with E-state index >= 15 is 0 Å². The Morgan fingerprint density at radius 2 is 1.83 bits per heavy atom. The summed E-state index contributed by atoms with van der Waals surface area (Å²) in [6, 6.07) is 14.2. The van der Waals surface area contributed by atoms with E-state index in [-0.39, 0.29) is 5.56 Å². The molecule has 0 fully saturated rings. The number of anilines is 1. The first-order valence-corrected chi connectivity index (χ1v) is 9.58. The number of ether oxygens (including phenoxy) is 2. The van der Waals surface area contributed by atoms with Crippen LogP contribution in [0.3, 0.4) is 0 Å². The number of methoxy groups -OCH3 is 2. The fourth-order valence-electron chi connectivity index (χ4n) is 2.90. The maximum atomic E-state index is 13.1. The maximum Gasteiger partial charge on any atom is 0.271 e. The Kier molecular flexibility index (Phi) is 5.01. The van der Waals surface area contributed by atoms with Gasteiger partial charge in [0.15, 0.2) is 4.96 Å². The van der Waals surface area contributed by atoms with E-state index < -0.39 is 11.5 Å². The first-order chi connectivity index (χ1) is 14.1. The van der Waals surface area contributed by atoms with Gasteiger partial charge in [-0.3, -0.25) is 14.0 Å². The van der Waals surface area contributed by atoms with E-state index in [0.717, 1.165) is 5.56 Å². The first-order valence-electron chi connectivity index (χ1n) is 8.70. The van der Waals surface area contributed by atoms with Crippen LogP contribution in [0.4, 0.5) is 5.69 Å². The fraction of sp³-hybridized carbons (Fsp3) is 0.0952. The van der Waals surface area contributed by atoms with Crippen molar-refractivity contribution in [2.24, 2.45) is 0 Å². The van der Waals surface area contributed by atoms with E-state index in [4.69, 9.17) is 9.47 Å². The molecule has 29 heavy (non-hydrogen) atoms. The summed E-state index contributed by atoms with van der Waals surface area (Å²) in [7, 11) is 3.15. The molecule has 8 heteroatoms. The summed E-state index contributed by atoms with van der Waals surface area (Å²) in [5.74, 6) is 0.827. The Hall–Kier alpha value is -3.65. The van der Waals surface area contributed by atoms with Gasteiger partial charge in [0.25, 0.3) is 11.5 Å². The highest BCUT2D eigenvalue weighted by Crippen LogP contribution is 2.27. The minimum Gasteiger partial charge on any atom is -0.497 e. The summed E-state index contributed by atoms with van der Waals surface area (Å²) < 4.78 is 11.8. The number of thiazole rings is 1. The summed E-state index contributed by atoms with van der Waals surface area (Å²) in [5.41, 5.74) is 1.53. The van der Waals surface area contributed by atoms with Crippen LogP contribution < -0.4 is 20.3 Å². The molecule has 2 aromatic heterocycles. The lowest BCUT2D eigenvalue weighted by atomic mass is 10.1. The molecule has 0 atom stereocenters. The molecule has 0 radical (unpaired) electrons. The molecule has 2 aromatic carbocycles. The normalized spacial score (nSPS) is 10.7. The molecule has 0 aliphatic heterocycles. The van der Waals surface area contributed by atoms with E-state index in [1.807, 2.05) is 29.6 Å². The minimum absolute atomic E-state index is 0.0409. The van der Waals surface area contributed by atoms with Crippen LogP contribution in [-0.4, -0.2) is 29.5 Å². The average molecular weight is 407 g/mol. The van der Waals surface area contributed by atoms with Crippen molar-refractivity contribution in [3.8, 4) is 22.8 Å². The summed E-state index contributed by atoms with van der Waals surface area (Å²) in [4.78, 5) is 30.6. The molecule has 0 saturated heterocycles. The summed E-state index contributed by atoms with van der Waals surface area (Å²) >= 11 is 1.33. The van der Waals surface area contributed by atoms with E-state index in [1.165, 1.54) is 21.9 Å². The molecule has 0 aliphatic carbocycles. The number of hydrogen-bond donors (Lipinski definition) is 1. The number of nitrogens with one attached hydrogen (secondary N) is 1. The van der Waals surface area contributed by atoms with Crippen molar-refractivity contribution in [1.29, 1.82) is 0 Å². The lowest BCUT2D eigenvalue weighted by Crippen LogP contribution is -2.26. The maximum absolute atomic E-state index is 13.1. The third-order valence-electron chi connectivity index (χ3n) is 4.40. The number of rotatable bonds is 5. The highest BCUT2D eigenvalue weighted by atomic mass is 32.1. The molecule has 146 valence electrons. The molecular weight excluding hydrogens is 390 g/mol. The van der Waals surface area contributed by atoms with Crippen LogP contribution in [0.2, 0.25) is 0 Å². The standard InChI is InChI=1S/C21H17N3O4S/c1-27-15-8-6-14(7-9-15)23-19(25)17-11-22-21-24(20(17)26)18(12-29-21)13-4-3-5-16(10-13)28-2/h3-12H,1-2H3,(H,23,25). The Bertz CT molecular complexity index is 1250. The second-order valence-electron chi connectivity index (χ2n) is 6.13. The highest BCUT2D eigenvalue weighted by molar-refractivity contribution is 7.15. The number of amides is 1. The van der Waals surface area contributed by atoms with Gasteiger partial charge in [-0.05, 0) is 36.4 Å². The quantitative estimate of drug-likeness (QED) is 0.546. The molecule has 0 aliphatic rings. The number of nitrogens with zero attached hydrogens (tertiary/aromatic N) is 2. The largest absolute Gasteiger partial charge is 0.497 e. The topological polar surface area (TPSA) is 81.9 Å². The van der Waals surface area contributed by atoms with E-state index in [9.17, 15) is 9.59 Å². The van der Waals surface area contributed by atoms with Crippen molar-refractivity contribution < 1.29 is 14.3 Å². The number of fused-ring (bicyclic) bond motifs is 1. The molecule has 0 unspecified atom stereocenters. The third kappa shape index (κ3) is 3.57. The van der Waals surface area contributed by atoms with Gasteiger partial charge in [0.1, 0.15) is 17.1 Å². The monoisotopic (exact) mass is 407 g/mol. The molecule has 0 bridgehead atoms. The molecule has 4 rings (SSSR count). The summed E-state index contributed by atoms with van der Waals surface area (Å²) in [6.07, 6.45) is 1.31. The van der Waals surface area contributed by atoms with Crippen LogP contribution in [0.15, 0.2) is 64.9 Å². The molecular formula is C21H17N3O4S. The molecule has 4 aromatic rings. The molecule has 0 saturated carbocycles. The highest BCUT2D eigenvalue weighted by Gasteiger charge is 2.17. The number of benzene rings is 2. The van der Waals surface area contributed by atoms with Crippen molar-refractivity contribution in [3.63, 3.8) is 0 Å². The van der Waals surface area contributed by atoms with Crippen molar-refractivity contribution >= 4 is 27.9 Å². The zero-order valence-electron chi connectivity index (χ0n) is 15.7. The zero-order valence-corrected chi connectivity index (χ0v) is 16.5. The molecule has 0 spiro atoms. The average Bonchev–Trinajstić information content (AvgIpc) is 3.19. The van der Waals surface area contributed by atoms with Gasteiger partial charge >= 0.3 is 0 Å². The van der Waals surface area contributed by atoms with Gasteiger partial charge in [0.05, 0.1) is 19.9 Å². The predicted molar refractivity (Wildman–Crippen MR) is 112 cm³/mol. The summed E-state index contributed by atoms with van der Waals surface area (Å²) in [5, 5.41) is 4.56. The SMILES string of the molecule is COc1ccc(NC(=O)c2cnc3scc(-c4cccc(OC)c4)n3c2=O)cc1. The summed E-state index contributed by atoms with van der Waals surface area (Å²) in [6.45, 7) is 0. The van der Waals surface area contributed by atoms with Crippen LogP contribution in [0.25, 0.3) is 16.2 Å². The van der Waals surface area contributed by atoms with Gasteiger partial charge in [0, 0.05) is 22.8 Å². The van der Waals surface area contributed by atoms with E-state index in [0.29, 0.717) is 27.8 Å². The van der Waals surface area contributed by atoms with Gasteiger partial charge < -0.3 is 14.8 Å². The second kappa shape index (κ2) is 7.76. The Balaban J connectivity index is 1.73. The van der Waals surface area contributed by atoms with Gasteiger partial charge in [-0.1, -0.05) is 12.1 Å².